The van der Waals surface area contributed by atoms with Crippen molar-refractivity contribution in [2.75, 3.05) is 7.05 Å². The smallest absolute Gasteiger partial charge is 0.271 e. The molecule has 0 spiro atoms. The Kier molecular flexibility index (Phi) is 5.42. The zero-order chi connectivity index (χ0) is 23.7. The van der Waals surface area contributed by atoms with Crippen molar-refractivity contribution in [3.63, 3.8) is 0 Å². The summed E-state index contributed by atoms with van der Waals surface area (Å²) < 4.78 is 1.63. The van der Waals surface area contributed by atoms with Gasteiger partial charge in [0.1, 0.15) is 11.6 Å². The summed E-state index contributed by atoms with van der Waals surface area (Å²) >= 11 is 0. The van der Waals surface area contributed by atoms with Crippen molar-refractivity contribution in [1.82, 2.24) is 14.7 Å². The van der Waals surface area contributed by atoms with E-state index in [1.54, 1.807) is 36.0 Å². The molecule has 2 heterocycles. The number of non-ortho nitro benzene ring substituents is 1. The van der Waals surface area contributed by atoms with Crippen LogP contribution < -0.4 is 0 Å². The molecule has 1 aliphatic rings. The summed E-state index contributed by atoms with van der Waals surface area (Å²) in [5, 5.41) is 25.1. The van der Waals surface area contributed by atoms with Crippen molar-refractivity contribution in [2.45, 2.75) is 6.92 Å². The van der Waals surface area contributed by atoms with Crippen LogP contribution in [0.2, 0.25) is 0 Å². The van der Waals surface area contributed by atoms with Crippen molar-refractivity contribution < 1.29 is 14.5 Å². The molecule has 0 aliphatic carbocycles. The van der Waals surface area contributed by atoms with Crippen molar-refractivity contribution in [3.05, 3.63) is 93.2 Å². The van der Waals surface area contributed by atoms with E-state index in [-0.39, 0.29) is 22.4 Å². The maximum atomic E-state index is 12.8. The first-order valence-corrected chi connectivity index (χ1v) is 9.87. The number of rotatable bonds is 4. The van der Waals surface area contributed by atoms with Gasteiger partial charge in [0, 0.05) is 42.1 Å². The van der Waals surface area contributed by atoms with Crippen molar-refractivity contribution in [3.8, 4) is 23.0 Å². The number of hydrogen-bond acceptors (Lipinski definition) is 6. The molecule has 0 radical (unpaired) electrons. The lowest BCUT2D eigenvalue weighted by atomic mass is 9.93. The number of aromatic nitrogens is 2. The topological polar surface area (TPSA) is 122 Å². The molecule has 2 aromatic carbocycles. The van der Waals surface area contributed by atoms with Crippen LogP contribution in [0.3, 0.4) is 0 Å². The normalized spacial score (nSPS) is 15.2. The van der Waals surface area contributed by atoms with Gasteiger partial charge in [0.25, 0.3) is 17.5 Å². The molecule has 33 heavy (non-hydrogen) atoms. The summed E-state index contributed by atoms with van der Waals surface area (Å²) in [6.45, 7) is 1.56. The van der Waals surface area contributed by atoms with Gasteiger partial charge in [-0.3, -0.25) is 24.6 Å². The second-order valence-electron chi connectivity index (χ2n) is 7.36. The van der Waals surface area contributed by atoms with Crippen LogP contribution in [0.25, 0.3) is 23.0 Å². The van der Waals surface area contributed by atoms with Gasteiger partial charge in [0.05, 0.1) is 16.3 Å². The molecule has 0 saturated heterocycles. The standard InChI is InChI=1S/C24H17N5O4/c1-15-20(23(30)27(2)24(31)21(15)13-25)12-17-14-28(18-6-4-3-5-7-18)26-22(17)16-8-10-19(11-9-16)29(32)33/h3-12,14H,1-2H3/b20-12+. The van der Waals surface area contributed by atoms with Crippen LogP contribution in [0.5, 0.6) is 0 Å². The molecule has 0 N–H and O–H groups in total. The summed E-state index contributed by atoms with van der Waals surface area (Å²) in [5.74, 6) is -1.17. The predicted molar refractivity (Wildman–Crippen MR) is 120 cm³/mol. The lowest BCUT2D eigenvalue weighted by Gasteiger charge is -2.23. The molecule has 9 heteroatoms. The summed E-state index contributed by atoms with van der Waals surface area (Å²) in [6.07, 6.45) is 3.31. The highest BCUT2D eigenvalue weighted by Crippen LogP contribution is 2.31. The molecule has 4 rings (SSSR count). The molecule has 9 nitrogen and oxygen atoms in total. The fourth-order valence-corrected chi connectivity index (χ4v) is 3.52. The maximum Gasteiger partial charge on any atom is 0.271 e. The van der Waals surface area contributed by atoms with E-state index in [0.717, 1.165) is 10.6 Å². The number of carbonyl (C=O) groups is 2. The van der Waals surface area contributed by atoms with Crippen molar-refractivity contribution in [1.29, 1.82) is 5.26 Å². The number of amides is 2. The minimum absolute atomic E-state index is 0.0545. The number of nitriles is 1. The van der Waals surface area contributed by atoms with E-state index in [4.69, 9.17) is 0 Å². The maximum absolute atomic E-state index is 12.8. The monoisotopic (exact) mass is 439 g/mol. The Labute approximate surface area is 188 Å². The largest absolute Gasteiger partial charge is 0.277 e. The fraction of sp³-hybridized carbons (Fsp3) is 0.0833. The van der Waals surface area contributed by atoms with E-state index in [1.165, 1.54) is 19.2 Å². The highest BCUT2D eigenvalue weighted by molar-refractivity contribution is 6.19. The molecule has 3 aromatic rings. The first kappa shape index (κ1) is 21.4. The predicted octanol–water partition coefficient (Wildman–Crippen LogP) is 3.67. The number of likely N-dealkylation sites (N-methyl/N-ethyl adjacent to an activating group) is 1. The molecule has 0 atom stereocenters. The van der Waals surface area contributed by atoms with Crippen LogP contribution in [0.4, 0.5) is 5.69 Å². The Morgan fingerprint density at radius 3 is 2.33 bits per heavy atom. The van der Waals surface area contributed by atoms with E-state index >= 15 is 0 Å². The average Bonchev–Trinajstić information content (AvgIpc) is 3.25. The van der Waals surface area contributed by atoms with Crippen LogP contribution in [0, 0.1) is 21.4 Å². The van der Waals surface area contributed by atoms with Gasteiger partial charge in [-0.25, -0.2) is 4.68 Å². The van der Waals surface area contributed by atoms with Crippen LogP contribution >= 0.6 is 0 Å². The van der Waals surface area contributed by atoms with Gasteiger partial charge in [0.2, 0.25) is 0 Å². The molecule has 162 valence electrons. The Balaban J connectivity index is 1.92. The van der Waals surface area contributed by atoms with Gasteiger partial charge in [-0.05, 0) is 42.8 Å². The Bertz CT molecular complexity index is 1390. The number of nitrogens with zero attached hydrogens (tertiary/aromatic N) is 5. The second-order valence-corrected chi connectivity index (χ2v) is 7.36. The Hall–Kier alpha value is -4.84. The first-order chi connectivity index (χ1) is 15.8. The molecule has 0 unspecified atom stereocenters. The zero-order valence-corrected chi connectivity index (χ0v) is 17.7. The molecular weight excluding hydrogens is 422 g/mol. The van der Waals surface area contributed by atoms with E-state index in [0.29, 0.717) is 16.8 Å². The van der Waals surface area contributed by atoms with E-state index in [1.807, 2.05) is 36.4 Å². The van der Waals surface area contributed by atoms with Gasteiger partial charge < -0.3 is 0 Å². The van der Waals surface area contributed by atoms with Crippen LogP contribution in [0.15, 0.2) is 77.5 Å². The molecule has 0 saturated carbocycles. The van der Waals surface area contributed by atoms with Crippen LogP contribution in [0.1, 0.15) is 12.5 Å². The summed E-state index contributed by atoms with van der Waals surface area (Å²) in [7, 11) is 1.33. The molecular formula is C24H17N5O4. The Morgan fingerprint density at radius 1 is 1.06 bits per heavy atom. The minimum atomic E-state index is -0.646. The molecule has 2 amide bonds. The van der Waals surface area contributed by atoms with Gasteiger partial charge >= 0.3 is 0 Å². The van der Waals surface area contributed by atoms with Crippen molar-refractivity contribution >= 4 is 23.6 Å². The lowest BCUT2D eigenvalue weighted by Crippen LogP contribution is -2.39. The van der Waals surface area contributed by atoms with Gasteiger partial charge in [-0.2, -0.15) is 10.4 Å². The minimum Gasteiger partial charge on any atom is -0.277 e. The SMILES string of the molecule is CC1=C(C#N)C(=O)N(C)C(=O)/C1=C/c1cn(-c2ccccc2)nc1-c1ccc([N+](=O)[O-])cc1. The quantitative estimate of drug-likeness (QED) is 0.265. The highest BCUT2D eigenvalue weighted by Gasteiger charge is 2.33. The number of para-hydroxylation sites is 1. The van der Waals surface area contributed by atoms with E-state index in [9.17, 15) is 25.0 Å². The van der Waals surface area contributed by atoms with Gasteiger partial charge in [-0.1, -0.05) is 18.2 Å². The van der Waals surface area contributed by atoms with E-state index < -0.39 is 16.7 Å². The number of imide groups is 1. The second kappa shape index (κ2) is 8.36. The van der Waals surface area contributed by atoms with E-state index in [2.05, 4.69) is 5.10 Å². The number of carbonyl (C=O) groups excluding carboxylic acids is 2. The van der Waals surface area contributed by atoms with Crippen molar-refractivity contribution in [2.24, 2.45) is 0 Å². The average molecular weight is 439 g/mol. The zero-order valence-electron chi connectivity index (χ0n) is 17.7. The summed E-state index contributed by atoms with van der Waals surface area (Å²) in [5.41, 5.74) is 2.75. The van der Waals surface area contributed by atoms with Crippen LogP contribution in [-0.4, -0.2) is 38.5 Å². The third kappa shape index (κ3) is 3.81. The molecule has 0 fully saturated rings. The number of hydrogen-bond donors (Lipinski definition) is 0. The highest BCUT2D eigenvalue weighted by atomic mass is 16.6. The number of nitro groups is 1. The Morgan fingerprint density at radius 2 is 1.73 bits per heavy atom. The van der Waals surface area contributed by atoms with Gasteiger partial charge in [-0.15, -0.1) is 0 Å². The molecule has 1 aliphatic heterocycles. The first-order valence-electron chi connectivity index (χ1n) is 9.87. The number of nitro benzene ring substituents is 1. The third-order valence-electron chi connectivity index (χ3n) is 5.36. The third-order valence-corrected chi connectivity index (χ3v) is 5.36. The molecule has 0 bridgehead atoms. The lowest BCUT2D eigenvalue weighted by molar-refractivity contribution is -0.384. The summed E-state index contributed by atoms with van der Waals surface area (Å²) in [4.78, 5) is 36.6. The number of benzene rings is 2. The fourth-order valence-electron chi connectivity index (χ4n) is 3.52. The molecule has 1 aromatic heterocycles. The summed E-state index contributed by atoms with van der Waals surface area (Å²) in [6, 6.07) is 17.1. The van der Waals surface area contributed by atoms with Crippen LogP contribution in [-0.2, 0) is 9.59 Å². The van der Waals surface area contributed by atoms with Gasteiger partial charge in [0.15, 0.2) is 0 Å².